The summed E-state index contributed by atoms with van der Waals surface area (Å²) in [6.45, 7) is 8.79. The third kappa shape index (κ3) is 5.74. The molecule has 272 valence electrons. The van der Waals surface area contributed by atoms with Crippen molar-refractivity contribution in [3.8, 4) is 67.3 Å². The Morgan fingerprint density at radius 2 is 0.965 bits per heavy atom. The molecule has 0 spiro atoms. The highest BCUT2D eigenvalue weighted by Gasteiger charge is 2.23. The van der Waals surface area contributed by atoms with Crippen LogP contribution in [0.3, 0.4) is 0 Å². The molecule has 0 atom stereocenters. The zero-order valence-electron chi connectivity index (χ0n) is 32.6. The summed E-state index contributed by atoms with van der Waals surface area (Å²) >= 11 is 0. The summed E-state index contributed by atoms with van der Waals surface area (Å²) in [6.07, 6.45) is 0. The van der Waals surface area contributed by atoms with Crippen LogP contribution in [0.15, 0.2) is 176 Å². The summed E-state index contributed by atoms with van der Waals surface area (Å²) < 4.78 is 2.50. The molecule has 57 heavy (non-hydrogen) atoms. The Morgan fingerprint density at radius 3 is 1.70 bits per heavy atom. The Kier molecular flexibility index (Phi) is 8.38. The predicted molar refractivity (Wildman–Crippen MR) is 240 cm³/mol. The topological polar surface area (TPSA) is 30.2 Å². The van der Waals surface area contributed by atoms with Crippen molar-refractivity contribution in [2.24, 2.45) is 0 Å². The lowest BCUT2D eigenvalue weighted by Gasteiger charge is -2.19. The Hall–Kier alpha value is -7.10. The second-order valence-corrected chi connectivity index (χ2v) is 15.1. The van der Waals surface area contributed by atoms with Crippen LogP contribution in [0.1, 0.15) is 22.4 Å². The van der Waals surface area contributed by atoms with E-state index in [2.05, 4.69) is 208 Å². The molecule has 3 aromatic heterocycles. The summed E-state index contributed by atoms with van der Waals surface area (Å²) in [5, 5.41) is 3.71. The predicted octanol–water partition coefficient (Wildman–Crippen LogP) is 14.3. The highest BCUT2D eigenvalue weighted by molar-refractivity contribution is 6.18. The molecule has 0 amide bonds. The van der Waals surface area contributed by atoms with Gasteiger partial charge in [-0.25, -0.2) is 9.97 Å². The Morgan fingerprint density at radius 1 is 0.386 bits per heavy atom. The normalized spacial score (nSPS) is 11.5. The first-order chi connectivity index (χ1) is 28.0. The molecule has 7 aromatic carbocycles. The number of hydrogen-bond donors (Lipinski definition) is 0. The van der Waals surface area contributed by atoms with E-state index in [1.54, 1.807) is 0 Å². The van der Waals surface area contributed by atoms with Crippen molar-refractivity contribution < 1.29 is 0 Å². The molecule has 0 saturated carbocycles. The molecule has 0 saturated heterocycles. The first-order valence-corrected chi connectivity index (χ1v) is 19.7. The Bertz CT molecular complexity index is 3160. The summed E-state index contributed by atoms with van der Waals surface area (Å²) in [5.41, 5.74) is 19.5. The Labute approximate surface area is 333 Å². The van der Waals surface area contributed by atoms with Crippen molar-refractivity contribution in [1.29, 1.82) is 0 Å². The Balaban J connectivity index is 1.23. The fourth-order valence-corrected chi connectivity index (χ4v) is 8.84. The average Bonchev–Trinajstić information content (AvgIpc) is 3.61. The molecular formula is C54H41N3. The van der Waals surface area contributed by atoms with Gasteiger partial charge in [0.25, 0.3) is 0 Å². The summed E-state index contributed by atoms with van der Waals surface area (Å²) in [4.78, 5) is 10.6. The molecule has 0 bridgehead atoms. The number of nitrogens with zero attached hydrogens (tertiary/aromatic N) is 3. The van der Waals surface area contributed by atoms with Gasteiger partial charge in [0.05, 0.1) is 22.4 Å². The third-order valence-corrected chi connectivity index (χ3v) is 11.6. The van der Waals surface area contributed by atoms with Crippen molar-refractivity contribution in [1.82, 2.24) is 14.4 Å². The molecule has 3 nitrogen and oxygen atoms in total. The minimum atomic E-state index is 0.712. The standard InChI is InChI=1S/C54H41N3/c1-34-18-11-13-26-43(34)49-37(4)57-48-29-16-15-28-46(48)50(38-20-7-5-8-21-38)53(57)47-33-41(30-31-45(47)49)40-24-17-25-42(32-40)54-55-51(39-22-9-6-10-23-39)36(3)52(56-54)44-27-14-12-19-35(44)2/h5-33H,1-4H3. The average molecular weight is 732 g/mol. The van der Waals surface area contributed by atoms with Crippen molar-refractivity contribution in [3.05, 3.63) is 198 Å². The van der Waals surface area contributed by atoms with E-state index >= 15 is 0 Å². The maximum absolute atomic E-state index is 5.30. The van der Waals surface area contributed by atoms with Gasteiger partial charge in [0.2, 0.25) is 0 Å². The largest absolute Gasteiger partial charge is 0.312 e. The summed E-state index contributed by atoms with van der Waals surface area (Å²) in [6, 6.07) is 63.2. The minimum absolute atomic E-state index is 0.712. The van der Waals surface area contributed by atoms with E-state index in [9.17, 15) is 0 Å². The van der Waals surface area contributed by atoms with E-state index in [0.717, 1.165) is 44.8 Å². The second-order valence-electron chi connectivity index (χ2n) is 15.1. The van der Waals surface area contributed by atoms with Crippen LogP contribution in [0.25, 0.3) is 94.5 Å². The number of para-hydroxylation sites is 1. The fraction of sp³-hybridized carbons (Fsp3) is 0.0741. The molecule has 0 fully saturated rings. The quantitative estimate of drug-likeness (QED) is 0.170. The van der Waals surface area contributed by atoms with Crippen LogP contribution >= 0.6 is 0 Å². The number of pyridine rings is 1. The van der Waals surface area contributed by atoms with Gasteiger partial charge in [-0.3, -0.25) is 0 Å². The maximum atomic E-state index is 5.30. The van der Waals surface area contributed by atoms with Gasteiger partial charge in [0.15, 0.2) is 5.82 Å². The van der Waals surface area contributed by atoms with E-state index in [1.807, 2.05) is 0 Å². The van der Waals surface area contributed by atoms with E-state index < -0.39 is 0 Å². The number of aromatic nitrogens is 3. The van der Waals surface area contributed by atoms with Crippen LogP contribution in [-0.4, -0.2) is 14.4 Å². The van der Waals surface area contributed by atoms with Gasteiger partial charge in [0, 0.05) is 49.8 Å². The minimum Gasteiger partial charge on any atom is -0.312 e. The van der Waals surface area contributed by atoms with Crippen molar-refractivity contribution in [2.45, 2.75) is 27.7 Å². The molecular weight excluding hydrogens is 691 g/mol. The number of fused-ring (bicyclic) bond motifs is 5. The molecule has 10 aromatic rings. The van der Waals surface area contributed by atoms with Crippen LogP contribution in [0.5, 0.6) is 0 Å². The number of aryl methyl sites for hydroxylation is 3. The van der Waals surface area contributed by atoms with Gasteiger partial charge in [0.1, 0.15) is 0 Å². The zero-order chi connectivity index (χ0) is 38.6. The molecule has 3 heteroatoms. The highest BCUT2D eigenvalue weighted by atomic mass is 14.9. The van der Waals surface area contributed by atoms with E-state index in [0.29, 0.717) is 5.82 Å². The molecule has 3 heterocycles. The van der Waals surface area contributed by atoms with Gasteiger partial charge >= 0.3 is 0 Å². The number of rotatable bonds is 6. The van der Waals surface area contributed by atoms with Crippen LogP contribution in [0.2, 0.25) is 0 Å². The first kappa shape index (κ1) is 34.4. The second kappa shape index (κ2) is 13.9. The van der Waals surface area contributed by atoms with E-state index in [1.165, 1.54) is 66.3 Å². The molecule has 0 aliphatic heterocycles. The molecule has 0 radical (unpaired) electrons. The van der Waals surface area contributed by atoms with Gasteiger partial charge in [-0.2, -0.15) is 0 Å². The smallest absolute Gasteiger partial charge is 0.160 e. The lowest BCUT2D eigenvalue weighted by Crippen LogP contribution is -2.01. The van der Waals surface area contributed by atoms with Gasteiger partial charge in [-0.05, 0) is 84.7 Å². The van der Waals surface area contributed by atoms with Crippen molar-refractivity contribution in [2.75, 3.05) is 0 Å². The van der Waals surface area contributed by atoms with Crippen LogP contribution in [0.4, 0.5) is 0 Å². The molecule has 10 rings (SSSR count). The number of benzene rings is 7. The maximum Gasteiger partial charge on any atom is 0.160 e. The summed E-state index contributed by atoms with van der Waals surface area (Å²) in [5.74, 6) is 0.712. The first-order valence-electron chi connectivity index (χ1n) is 19.7. The molecule has 0 aliphatic rings. The lowest BCUT2D eigenvalue weighted by molar-refractivity contribution is 1.14. The van der Waals surface area contributed by atoms with Gasteiger partial charge in [-0.15, -0.1) is 0 Å². The SMILES string of the molecule is Cc1ccccc1-c1nc(-c2cccc(-c3ccc4c(-c5ccccc5C)c(C)n5c6ccccc6c(-c6ccccc6)c5c4c3)c2)nc(-c2ccccc2)c1C. The molecule has 0 N–H and O–H groups in total. The monoisotopic (exact) mass is 731 g/mol. The van der Waals surface area contributed by atoms with Crippen molar-refractivity contribution in [3.63, 3.8) is 0 Å². The molecule has 0 unspecified atom stereocenters. The summed E-state index contributed by atoms with van der Waals surface area (Å²) in [7, 11) is 0. The zero-order valence-corrected chi connectivity index (χ0v) is 32.6. The third-order valence-electron chi connectivity index (χ3n) is 11.6. The van der Waals surface area contributed by atoms with E-state index in [-0.39, 0.29) is 0 Å². The fourth-order valence-electron chi connectivity index (χ4n) is 8.84. The van der Waals surface area contributed by atoms with Crippen molar-refractivity contribution >= 4 is 27.2 Å². The lowest BCUT2D eigenvalue weighted by atomic mass is 9.90. The van der Waals surface area contributed by atoms with Crippen LogP contribution in [0, 0.1) is 27.7 Å². The van der Waals surface area contributed by atoms with Gasteiger partial charge in [-0.1, -0.05) is 158 Å². The van der Waals surface area contributed by atoms with Gasteiger partial charge < -0.3 is 4.40 Å². The van der Waals surface area contributed by atoms with E-state index in [4.69, 9.17) is 9.97 Å². The molecule has 0 aliphatic carbocycles. The number of hydrogen-bond acceptors (Lipinski definition) is 2. The van der Waals surface area contributed by atoms with Crippen LogP contribution in [-0.2, 0) is 0 Å². The van der Waals surface area contributed by atoms with Crippen LogP contribution < -0.4 is 0 Å². The highest BCUT2D eigenvalue weighted by Crippen LogP contribution is 2.45.